The first-order chi connectivity index (χ1) is 22.3. The lowest BCUT2D eigenvalue weighted by Crippen LogP contribution is -2.17. The molecule has 0 saturated carbocycles. The number of aromatic nitrogens is 3. The van der Waals surface area contributed by atoms with Crippen LogP contribution in [-0.4, -0.2) is 13.7 Å². The van der Waals surface area contributed by atoms with Gasteiger partial charge in [-0.25, -0.2) is 0 Å². The molecule has 3 aromatic heterocycles. The summed E-state index contributed by atoms with van der Waals surface area (Å²) < 4.78 is 6.29. The van der Waals surface area contributed by atoms with Crippen LogP contribution in [0.4, 0.5) is 0 Å². The minimum Gasteiger partial charge on any atom is -0.309 e. The second kappa shape index (κ2) is 9.97. The van der Waals surface area contributed by atoms with E-state index >= 15 is 0 Å². The van der Waals surface area contributed by atoms with E-state index in [1.165, 1.54) is 21.8 Å². The molecule has 9 rings (SSSR count). The summed E-state index contributed by atoms with van der Waals surface area (Å²) in [6, 6.07) is 54.5. The Labute approximate surface area is 259 Å². The lowest BCUT2D eigenvalue weighted by Gasteiger charge is -2.10. The van der Waals surface area contributed by atoms with Crippen LogP contribution in [-0.2, 0) is 0 Å². The summed E-state index contributed by atoms with van der Waals surface area (Å²) in [6.07, 6.45) is 1.88. The van der Waals surface area contributed by atoms with Crippen molar-refractivity contribution in [3.05, 3.63) is 174 Å². The van der Waals surface area contributed by atoms with Crippen molar-refractivity contribution in [1.82, 2.24) is 13.7 Å². The van der Waals surface area contributed by atoms with Gasteiger partial charge in [0.05, 0.1) is 27.5 Å². The molecule has 0 aliphatic carbocycles. The van der Waals surface area contributed by atoms with Crippen LogP contribution in [0.5, 0.6) is 0 Å². The van der Waals surface area contributed by atoms with Crippen molar-refractivity contribution < 1.29 is 0 Å². The fourth-order valence-corrected chi connectivity index (χ4v) is 6.86. The van der Waals surface area contributed by atoms with Crippen molar-refractivity contribution >= 4 is 43.6 Å². The Kier molecular flexibility index (Phi) is 5.62. The quantitative estimate of drug-likeness (QED) is 0.205. The first-order valence-corrected chi connectivity index (χ1v) is 15.2. The first kappa shape index (κ1) is 25.4. The van der Waals surface area contributed by atoms with Crippen LogP contribution in [0.2, 0.25) is 0 Å². The topological polar surface area (TPSA) is 31.9 Å². The Hall–Kier alpha value is -6.13. The van der Waals surface area contributed by atoms with E-state index in [4.69, 9.17) is 0 Å². The molecule has 3 heterocycles. The zero-order chi connectivity index (χ0) is 29.9. The van der Waals surface area contributed by atoms with E-state index in [0.717, 1.165) is 44.6 Å². The van der Waals surface area contributed by atoms with Crippen LogP contribution in [0, 0.1) is 0 Å². The molecule has 45 heavy (non-hydrogen) atoms. The number of rotatable bonds is 4. The van der Waals surface area contributed by atoms with Gasteiger partial charge in [-0.2, -0.15) is 0 Å². The molecule has 6 aromatic carbocycles. The maximum absolute atomic E-state index is 14.1. The molecule has 4 heteroatoms. The van der Waals surface area contributed by atoms with Crippen molar-refractivity contribution in [2.45, 2.75) is 0 Å². The van der Waals surface area contributed by atoms with E-state index in [2.05, 4.69) is 118 Å². The zero-order valence-electron chi connectivity index (χ0n) is 24.3. The van der Waals surface area contributed by atoms with Crippen molar-refractivity contribution in [2.24, 2.45) is 0 Å². The molecule has 0 fully saturated rings. The van der Waals surface area contributed by atoms with E-state index < -0.39 is 0 Å². The van der Waals surface area contributed by atoms with E-state index in [1.54, 1.807) is 4.57 Å². The van der Waals surface area contributed by atoms with Gasteiger partial charge in [0.25, 0.3) is 5.56 Å². The van der Waals surface area contributed by atoms with Gasteiger partial charge in [0, 0.05) is 39.4 Å². The Balaban J connectivity index is 1.30. The van der Waals surface area contributed by atoms with Crippen LogP contribution in [0.15, 0.2) is 169 Å². The number of hydrogen-bond donors (Lipinski definition) is 0. The summed E-state index contributed by atoms with van der Waals surface area (Å²) in [5.41, 5.74) is 9.48. The molecule has 0 radical (unpaired) electrons. The molecule has 0 aliphatic heterocycles. The van der Waals surface area contributed by atoms with Crippen LogP contribution in [0.1, 0.15) is 0 Å². The van der Waals surface area contributed by atoms with Crippen molar-refractivity contribution in [3.63, 3.8) is 0 Å². The zero-order valence-corrected chi connectivity index (χ0v) is 24.3. The monoisotopic (exact) mass is 577 g/mol. The van der Waals surface area contributed by atoms with Crippen LogP contribution < -0.4 is 5.56 Å². The predicted molar refractivity (Wildman–Crippen MR) is 186 cm³/mol. The van der Waals surface area contributed by atoms with E-state index in [-0.39, 0.29) is 5.56 Å². The van der Waals surface area contributed by atoms with Gasteiger partial charge in [0.2, 0.25) is 0 Å². The largest absolute Gasteiger partial charge is 0.309 e. The van der Waals surface area contributed by atoms with Crippen molar-refractivity contribution in [3.8, 4) is 28.2 Å². The van der Waals surface area contributed by atoms with Crippen LogP contribution in [0.25, 0.3) is 71.8 Å². The Morgan fingerprint density at radius 3 is 1.64 bits per heavy atom. The Morgan fingerprint density at radius 1 is 0.378 bits per heavy atom. The fraction of sp³-hybridized carbons (Fsp3) is 0. The SMILES string of the molecule is O=c1c2c3ccc(-c4ccc5c(c4)c4ccccc4n5-c4ccccc4)cc3n(-c3ccccc3)c2ccn1-c1ccccc1. The van der Waals surface area contributed by atoms with Gasteiger partial charge in [0.1, 0.15) is 0 Å². The lowest BCUT2D eigenvalue weighted by molar-refractivity contribution is 1.01. The van der Waals surface area contributed by atoms with Gasteiger partial charge in [-0.15, -0.1) is 0 Å². The van der Waals surface area contributed by atoms with E-state index in [1.807, 2.05) is 54.7 Å². The van der Waals surface area contributed by atoms with Gasteiger partial charge < -0.3 is 9.13 Å². The Morgan fingerprint density at radius 2 is 0.933 bits per heavy atom. The molecule has 0 amide bonds. The van der Waals surface area contributed by atoms with Crippen molar-refractivity contribution in [2.75, 3.05) is 0 Å². The Bertz CT molecular complexity index is 2590. The molecule has 0 N–H and O–H groups in total. The summed E-state index contributed by atoms with van der Waals surface area (Å²) in [7, 11) is 0. The van der Waals surface area contributed by atoms with Gasteiger partial charge in [0.15, 0.2) is 0 Å². The maximum atomic E-state index is 14.1. The number of fused-ring (bicyclic) bond motifs is 6. The molecule has 9 aromatic rings. The van der Waals surface area contributed by atoms with Gasteiger partial charge in [-0.3, -0.25) is 9.36 Å². The lowest BCUT2D eigenvalue weighted by atomic mass is 10.0. The van der Waals surface area contributed by atoms with Gasteiger partial charge in [-0.05, 0) is 77.9 Å². The molecule has 0 aliphatic rings. The number of hydrogen-bond acceptors (Lipinski definition) is 1. The second-order valence-electron chi connectivity index (χ2n) is 11.4. The molecule has 0 spiro atoms. The smallest absolute Gasteiger partial charge is 0.265 e. The molecule has 212 valence electrons. The average molecular weight is 578 g/mol. The number of para-hydroxylation sites is 4. The normalized spacial score (nSPS) is 11.6. The molecule has 0 saturated heterocycles. The van der Waals surface area contributed by atoms with E-state index in [9.17, 15) is 4.79 Å². The third kappa shape index (κ3) is 3.89. The first-order valence-electron chi connectivity index (χ1n) is 15.2. The van der Waals surface area contributed by atoms with Crippen LogP contribution in [0.3, 0.4) is 0 Å². The minimum absolute atomic E-state index is 0.0266. The van der Waals surface area contributed by atoms with Crippen molar-refractivity contribution in [1.29, 1.82) is 0 Å². The molecular weight excluding hydrogens is 550 g/mol. The van der Waals surface area contributed by atoms with Gasteiger partial charge >= 0.3 is 0 Å². The summed E-state index contributed by atoms with van der Waals surface area (Å²) in [5, 5.41) is 4.09. The second-order valence-corrected chi connectivity index (χ2v) is 11.4. The highest BCUT2D eigenvalue weighted by Gasteiger charge is 2.18. The number of pyridine rings is 1. The van der Waals surface area contributed by atoms with E-state index in [0.29, 0.717) is 5.39 Å². The highest BCUT2D eigenvalue weighted by atomic mass is 16.1. The number of nitrogens with zero attached hydrogens (tertiary/aromatic N) is 3. The predicted octanol–water partition coefficient (Wildman–Crippen LogP) is 9.70. The molecule has 0 bridgehead atoms. The molecule has 4 nitrogen and oxygen atoms in total. The maximum Gasteiger partial charge on any atom is 0.265 e. The molecule has 0 unspecified atom stereocenters. The highest BCUT2D eigenvalue weighted by molar-refractivity contribution is 6.12. The summed E-state index contributed by atoms with van der Waals surface area (Å²) in [6.45, 7) is 0. The summed E-state index contributed by atoms with van der Waals surface area (Å²) in [5.74, 6) is 0. The highest BCUT2D eigenvalue weighted by Crippen LogP contribution is 2.37. The third-order valence-electron chi connectivity index (χ3n) is 8.89. The minimum atomic E-state index is -0.0266. The van der Waals surface area contributed by atoms with Crippen LogP contribution >= 0.6 is 0 Å². The standard InChI is InChI=1S/C41H27N3O/c45-41-40-34-22-20-29(28-21-23-37-35(26-28)33-18-10-11-19-36(33)43(37)31-14-6-2-7-15-31)27-39(34)44(32-16-8-3-9-17-32)38(40)24-25-42(41)30-12-4-1-5-13-30/h1-27H. The third-order valence-corrected chi connectivity index (χ3v) is 8.89. The summed E-state index contributed by atoms with van der Waals surface area (Å²) >= 11 is 0. The average Bonchev–Trinajstić information content (AvgIpc) is 3.62. The summed E-state index contributed by atoms with van der Waals surface area (Å²) in [4.78, 5) is 14.1. The number of benzene rings is 6. The fourth-order valence-electron chi connectivity index (χ4n) is 6.86. The molecular formula is C41H27N3O. The van der Waals surface area contributed by atoms with Gasteiger partial charge in [-0.1, -0.05) is 91.0 Å². The molecule has 0 atom stereocenters.